The van der Waals surface area contributed by atoms with Crippen LogP contribution in [0, 0.1) is 0 Å². The first-order valence-electron chi connectivity index (χ1n) is 3.74. The second kappa shape index (κ2) is 4.52. The molecule has 0 unspecified atom stereocenters. The number of nitrogens with two attached hydrogens (primary N) is 1. The van der Waals surface area contributed by atoms with Crippen molar-refractivity contribution >= 4 is 27.3 Å². The van der Waals surface area contributed by atoms with Gasteiger partial charge in [0.15, 0.2) is 0 Å². The van der Waals surface area contributed by atoms with Crippen LogP contribution in [0.25, 0.3) is 0 Å². The zero-order valence-corrected chi connectivity index (χ0v) is 9.94. The van der Waals surface area contributed by atoms with Crippen molar-refractivity contribution in [3.8, 4) is 0 Å². The first kappa shape index (κ1) is 11.1. The van der Waals surface area contributed by atoms with Gasteiger partial charge in [-0.05, 0) is 28.1 Å². The minimum Gasteiger partial charge on any atom is -0.348 e. The lowest BCUT2D eigenvalue weighted by Gasteiger charge is -2.27. The molecule has 13 heavy (non-hydrogen) atoms. The largest absolute Gasteiger partial charge is 0.348 e. The average Bonchev–Trinajstić information content (AvgIpc) is 2.57. The zero-order valence-electron chi connectivity index (χ0n) is 7.54. The highest BCUT2D eigenvalue weighted by atomic mass is 79.9. The van der Waals surface area contributed by atoms with Crippen LogP contribution >= 0.6 is 27.3 Å². The summed E-state index contributed by atoms with van der Waals surface area (Å²) in [5.74, 6) is -0.795. The van der Waals surface area contributed by atoms with Gasteiger partial charge in [-0.15, -0.1) is 11.3 Å². The van der Waals surface area contributed by atoms with E-state index in [2.05, 4.69) is 15.9 Å². The second-order valence-corrected chi connectivity index (χ2v) is 4.93. The molecule has 2 N–H and O–H groups in total. The Morgan fingerprint density at radius 3 is 2.38 bits per heavy atom. The van der Waals surface area contributed by atoms with Gasteiger partial charge in [-0.1, -0.05) is 0 Å². The van der Waals surface area contributed by atoms with E-state index in [9.17, 15) is 0 Å². The Hall–Kier alpha value is 0.0600. The predicted octanol–water partition coefficient (Wildman–Crippen LogP) is 1.91. The summed E-state index contributed by atoms with van der Waals surface area (Å²) in [6.07, 6.45) is 0. The van der Waals surface area contributed by atoms with Gasteiger partial charge in [-0.25, -0.2) is 0 Å². The molecule has 0 amide bonds. The second-order valence-electron chi connectivity index (χ2n) is 2.47. The molecule has 0 fully saturated rings. The van der Waals surface area contributed by atoms with Gasteiger partial charge in [0.1, 0.15) is 0 Å². The number of methoxy groups -OCH3 is 2. The molecule has 1 rings (SSSR count). The van der Waals surface area contributed by atoms with E-state index in [1.54, 1.807) is 25.6 Å². The smallest absolute Gasteiger partial charge is 0.216 e. The summed E-state index contributed by atoms with van der Waals surface area (Å²) in [6.45, 7) is 0.299. The van der Waals surface area contributed by atoms with Crippen LogP contribution in [0.3, 0.4) is 0 Å². The summed E-state index contributed by atoms with van der Waals surface area (Å²) in [5, 5.41) is 0. The van der Waals surface area contributed by atoms with Crippen molar-refractivity contribution in [1.29, 1.82) is 0 Å². The maximum absolute atomic E-state index is 5.61. The van der Waals surface area contributed by atoms with E-state index in [0.717, 1.165) is 8.66 Å². The molecule has 1 heterocycles. The summed E-state index contributed by atoms with van der Waals surface area (Å²) in [5.41, 5.74) is 5.61. The van der Waals surface area contributed by atoms with Crippen molar-refractivity contribution < 1.29 is 9.47 Å². The Kier molecular flexibility index (Phi) is 3.87. The fourth-order valence-electron chi connectivity index (χ4n) is 1.07. The van der Waals surface area contributed by atoms with Crippen molar-refractivity contribution in [2.24, 2.45) is 5.73 Å². The summed E-state index contributed by atoms with van der Waals surface area (Å²) >= 11 is 4.93. The quantitative estimate of drug-likeness (QED) is 0.847. The minimum absolute atomic E-state index is 0.299. The Labute approximate surface area is 90.0 Å². The van der Waals surface area contributed by atoms with Crippen molar-refractivity contribution in [2.45, 2.75) is 5.79 Å². The van der Waals surface area contributed by atoms with Gasteiger partial charge < -0.3 is 15.2 Å². The Morgan fingerprint density at radius 1 is 1.46 bits per heavy atom. The first-order chi connectivity index (χ1) is 6.18. The number of halogens is 1. The van der Waals surface area contributed by atoms with E-state index in [-0.39, 0.29) is 0 Å². The minimum atomic E-state index is -0.795. The highest BCUT2D eigenvalue weighted by Gasteiger charge is 2.31. The fraction of sp³-hybridized carbons (Fsp3) is 0.500. The molecule has 0 aliphatic rings. The summed E-state index contributed by atoms with van der Waals surface area (Å²) in [7, 11) is 3.17. The number of rotatable bonds is 4. The van der Waals surface area contributed by atoms with Crippen LogP contribution in [0.2, 0.25) is 0 Å². The van der Waals surface area contributed by atoms with Gasteiger partial charge in [0.05, 0.1) is 15.2 Å². The van der Waals surface area contributed by atoms with Crippen molar-refractivity contribution in [1.82, 2.24) is 0 Å². The average molecular weight is 266 g/mol. The molecule has 0 bridgehead atoms. The molecule has 5 heteroatoms. The van der Waals surface area contributed by atoms with Gasteiger partial charge in [-0.2, -0.15) is 0 Å². The highest BCUT2D eigenvalue weighted by molar-refractivity contribution is 9.11. The molecule has 0 radical (unpaired) electrons. The predicted molar refractivity (Wildman–Crippen MR) is 56.8 cm³/mol. The maximum atomic E-state index is 5.61. The van der Waals surface area contributed by atoms with Crippen LogP contribution in [-0.4, -0.2) is 20.8 Å². The SMILES string of the molecule is COC(CN)(OC)c1ccc(Br)s1. The normalized spacial score (nSPS) is 12.0. The van der Waals surface area contributed by atoms with Crippen LogP contribution in [-0.2, 0) is 15.3 Å². The first-order valence-corrected chi connectivity index (χ1v) is 5.35. The van der Waals surface area contributed by atoms with Crippen molar-refractivity contribution in [3.63, 3.8) is 0 Å². The van der Waals surface area contributed by atoms with E-state index in [1.165, 1.54) is 0 Å². The molecular weight excluding hydrogens is 254 g/mol. The molecule has 74 valence electrons. The fourth-order valence-corrected chi connectivity index (χ4v) is 2.61. The Morgan fingerprint density at radius 2 is 2.08 bits per heavy atom. The summed E-state index contributed by atoms with van der Waals surface area (Å²) in [4.78, 5) is 0.965. The molecule has 3 nitrogen and oxygen atoms in total. The number of hydrogen-bond donors (Lipinski definition) is 1. The third-order valence-corrected chi connectivity index (χ3v) is 3.62. The molecule has 0 atom stereocenters. The van der Waals surface area contributed by atoms with E-state index in [4.69, 9.17) is 15.2 Å². The summed E-state index contributed by atoms with van der Waals surface area (Å²) in [6, 6.07) is 3.89. The van der Waals surface area contributed by atoms with Gasteiger partial charge in [0.2, 0.25) is 5.79 Å². The molecule has 0 saturated carbocycles. The van der Waals surface area contributed by atoms with Crippen LogP contribution in [0.15, 0.2) is 15.9 Å². The van der Waals surface area contributed by atoms with Gasteiger partial charge in [-0.3, -0.25) is 0 Å². The van der Waals surface area contributed by atoms with Gasteiger partial charge >= 0.3 is 0 Å². The van der Waals surface area contributed by atoms with E-state index >= 15 is 0 Å². The lowest BCUT2D eigenvalue weighted by atomic mass is 10.2. The van der Waals surface area contributed by atoms with Crippen LogP contribution < -0.4 is 5.73 Å². The van der Waals surface area contributed by atoms with Crippen molar-refractivity contribution in [2.75, 3.05) is 20.8 Å². The van der Waals surface area contributed by atoms with E-state index < -0.39 is 5.79 Å². The van der Waals surface area contributed by atoms with Crippen LogP contribution in [0.5, 0.6) is 0 Å². The molecule has 0 saturated heterocycles. The number of hydrogen-bond acceptors (Lipinski definition) is 4. The van der Waals surface area contributed by atoms with Gasteiger partial charge in [0, 0.05) is 14.2 Å². The molecule has 0 aromatic carbocycles. The van der Waals surface area contributed by atoms with Crippen molar-refractivity contribution in [3.05, 3.63) is 20.8 Å². The van der Waals surface area contributed by atoms with E-state index in [0.29, 0.717) is 6.54 Å². The standard InChI is InChI=1S/C8H12BrNO2S/c1-11-8(5-10,12-2)6-3-4-7(9)13-6/h3-4H,5,10H2,1-2H3. The zero-order chi connectivity index (χ0) is 9.90. The molecule has 0 spiro atoms. The topological polar surface area (TPSA) is 44.5 Å². The van der Waals surface area contributed by atoms with Crippen LogP contribution in [0.4, 0.5) is 0 Å². The van der Waals surface area contributed by atoms with Gasteiger partial charge in [0.25, 0.3) is 0 Å². The molecule has 0 aliphatic carbocycles. The molecule has 1 aromatic heterocycles. The number of ether oxygens (including phenoxy) is 2. The lowest BCUT2D eigenvalue weighted by Crippen LogP contribution is -2.38. The Balaban J connectivity index is 3.00. The van der Waals surface area contributed by atoms with E-state index in [1.807, 2.05) is 12.1 Å². The lowest BCUT2D eigenvalue weighted by molar-refractivity contribution is -0.205. The third kappa shape index (κ3) is 2.11. The number of thiophene rings is 1. The molecular formula is C8H12BrNO2S. The maximum Gasteiger partial charge on any atom is 0.216 e. The Bertz CT molecular complexity index is 265. The summed E-state index contributed by atoms with van der Waals surface area (Å²) < 4.78 is 11.6. The van der Waals surface area contributed by atoms with Crippen LogP contribution in [0.1, 0.15) is 4.88 Å². The third-order valence-electron chi connectivity index (χ3n) is 1.88. The molecule has 1 aromatic rings. The molecule has 0 aliphatic heterocycles. The highest BCUT2D eigenvalue weighted by Crippen LogP contribution is 2.33. The monoisotopic (exact) mass is 265 g/mol.